The third-order valence-corrected chi connectivity index (χ3v) is 5.60. The molecule has 2 N–H and O–H groups in total. The summed E-state index contributed by atoms with van der Waals surface area (Å²) < 4.78 is 28.3. The number of hydrogen-bond acceptors (Lipinski definition) is 4. The number of likely N-dealkylation sites (N-methyl/N-ethyl adjacent to an activating group) is 1. The van der Waals surface area contributed by atoms with Crippen LogP contribution in [0.5, 0.6) is 0 Å². The first-order valence-corrected chi connectivity index (χ1v) is 9.29. The van der Waals surface area contributed by atoms with Gasteiger partial charge in [0.2, 0.25) is 10.0 Å². The van der Waals surface area contributed by atoms with Gasteiger partial charge in [0.1, 0.15) is 10.7 Å². The molecule has 0 saturated carbocycles. The fourth-order valence-electron chi connectivity index (χ4n) is 3.20. The minimum atomic E-state index is -3.90. The average Bonchev–Trinajstić information content (AvgIpc) is 2.95. The zero-order valence-electron chi connectivity index (χ0n) is 13.7. The summed E-state index contributed by atoms with van der Waals surface area (Å²) in [5.41, 5.74) is 2.56. The van der Waals surface area contributed by atoms with E-state index in [1.165, 1.54) is 24.1 Å². The Hall–Kier alpha value is -2.12. The number of nitrogens with zero attached hydrogens (tertiary/aromatic N) is 1. The third kappa shape index (κ3) is 3.09. The molecule has 1 unspecified atom stereocenters. The second-order valence-electron chi connectivity index (χ2n) is 6.16. The number of hydrogen-bond donors (Lipinski definition) is 1. The van der Waals surface area contributed by atoms with Crippen LogP contribution in [0.2, 0.25) is 0 Å². The fraction of sp³-hybridized carbons (Fsp3) is 0.353. The molecule has 0 radical (unpaired) electrons. The average molecular weight is 348 g/mol. The number of carbonyl (C=O) groups is 1. The summed E-state index contributed by atoms with van der Waals surface area (Å²) in [5.74, 6) is -0.210. The van der Waals surface area contributed by atoms with Crippen molar-refractivity contribution < 1.29 is 17.6 Å². The predicted octanol–water partition coefficient (Wildman–Crippen LogP) is 1.86. The van der Waals surface area contributed by atoms with Gasteiger partial charge in [0, 0.05) is 19.2 Å². The Bertz CT molecular complexity index is 886. The van der Waals surface area contributed by atoms with E-state index in [1.54, 1.807) is 11.9 Å². The summed E-state index contributed by atoms with van der Waals surface area (Å²) in [6, 6.07) is 9.47. The second kappa shape index (κ2) is 6.07. The van der Waals surface area contributed by atoms with Gasteiger partial charge in [-0.25, -0.2) is 13.6 Å². The predicted molar refractivity (Wildman–Crippen MR) is 89.2 cm³/mol. The van der Waals surface area contributed by atoms with Crippen LogP contribution in [-0.4, -0.2) is 32.3 Å². The van der Waals surface area contributed by atoms with Gasteiger partial charge in [0.25, 0.3) is 5.91 Å². The van der Waals surface area contributed by atoms with Crippen LogP contribution < -0.4 is 5.14 Å². The molecule has 1 atom stereocenters. The molecule has 0 bridgehead atoms. The Balaban J connectivity index is 1.81. The highest BCUT2D eigenvalue weighted by atomic mass is 32.2. The van der Waals surface area contributed by atoms with Gasteiger partial charge in [-0.1, -0.05) is 24.3 Å². The van der Waals surface area contributed by atoms with Crippen molar-refractivity contribution in [3.05, 3.63) is 53.0 Å². The largest absolute Gasteiger partial charge is 0.455 e. The first-order valence-electron chi connectivity index (χ1n) is 7.74. The van der Waals surface area contributed by atoms with Crippen LogP contribution >= 0.6 is 0 Å². The molecule has 0 fully saturated rings. The Morgan fingerprint density at radius 3 is 2.58 bits per heavy atom. The summed E-state index contributed by atoms with van der Waals surface area (Å²) in [6.07, 6.45) is 2.55. The van der Waals surface area contributed by atoms with E-state index >= 15 is 0 Å². The van der Waals surface area contributed by atoms with Crippen LogP contribution in [0.15, 0.2) is 39.6 Å². The number of rotatable bonds is 3. The monoisotopic (exact) mass is 348 g/mol. The highest BCUT2D eigenvalue weighted by Crippen LogP contribution is 2.26. The van der Waals surface area contributed by atoms with E-state index in [-0.39, 0.29) is 28.4 Å². The number of sulfonamides is 1. The molecular formula is C17H20N2O4S. The SMILES string of the molecule is Cc1oc(C(=O)N(C)C2CCc3ccccc3C2)cc1S(N)(=O)=O. The zero-order chi connectivity index (χ0) is 17.5. The van der Waals surface area contributed by atoms with Crippen LogP contribution in [0.1, 0.15) is 33.9 Å². The van der Waals surface area contributed by atoms with Gasteiger partial charge in [-0.15, -0.1) is 0 Å². The van der Waals surface area contributed by atoms with E-state index in [2.05, 4.69) is 12.1 Å². The molecule has 1 aromatic heterocycles. The highest BCUT2D eigenvalue weighted by Gasteiger charge is 2.29. The van der Waals surface area contributed by atoms with E-state index < -0.39 is 10.0 Å². The van der Waals surface area contributed by atoms with Crippen LogP contribution in [0, 0.1) is 6.92 Å². The Kier molecular flexibility index (Phi) is 4.23. The maximum Gasteiger partial charge on any atom is 0.289 e. The summed E-state index contributed by atoms with van der Waals surface area (Å²) in [5, 5.41) is 5.13. The molecular weight excluding hydrogens is 328 g/mol. The van der Waals surface area contributed by atoms with Gasteiger partial charge in [0.15, 0.2) is 5.76 Å². The lowest BCUT2D eigenvalue weighted by Crippen LogP contribution is -2.40. The van der Waals surface area contributed by atoms with Gasteiger partial charge in [-0.05, 0) is 37.3 Å². The van der Waals surface area contributed by atoms with Crippen molar-refractivity contribution in [1.29, 1.82) is 0 Å². The summed E-state index contributed by atoms with van der Waals surface area (Å²) >= 11 is 0. The molecule has 1 aromatic carbocycles. The van der Waals surface area contributed by atoms with Crippen molar-refractivity contribution in [3.8, 4) is 0 Å². The second-order valence-corrected chi connectivity index (χ2v) is 7.69. The molecule has 0 spiro atoms. The molecule has 3 rings (SSSR count). The summed E-state index contributed by atoms with van der Waals surface area (Å²) in [6.45, 7) is 1.48. The van der Waals surface area contributed by atoms with Crippen LogP contribution in [0.4, 0.5) is 0 Å². The van der Waals surface area contributed by atoms with Gasteiger partial charge in [-0.3, -0.25) is 4.79 Å². The molecule has 128 valence electrons. The standard InChI is InChI=1S/C17H20N2O4S/c1-11-16(24(18,21)22)10-15(23-11)17(20)19(2)14-8-7-12-5-3-4-6-13(12)9-14/h3-6,10,14H,7-9H2,1-2H3,(H2,18,21,22). The van der Waals surface area contributed by atoms with E-state index in [1.807, 2.05) is 12.1 Å². The molecule has 1 heterocycles. The maximum atomic E-state index is 12.6. The number of furan rings is 1. The minimum absolute atomic E-state index is 0.00196. The lowest BCUT2D eigenvalue weighted by molar-refractivity contribution is 0.0685. The lowest BCUT2D eigenvalue weighted by atomic mass is 9.87. The fourth-order valence-corrected chi connectivity index (χ4v) is 3.92. The molecule has 1 aliphatic rings. The minimum Gasteiger partial charge on any atom is -0.455 e. The molecule has 1 aliphatic carbocycles. The molecule has 0 saturated heterocycles. The molecule has 1 amide bonds. The number of fused-ring (bicyclic) bond motifs is 1. The number of aryl methyl sites for hydroxylation is 2. The first kappa shape index (κ1) is 16.7. The normalized spacial score (nSPS) is 17.4. The zero-order valence-corrected chi connectivity index (χ0v) is 14.5. The first-order chi connectivity index (χ1) is 11.3. The smallest absolute Gasteiger partial charge is 0.289 e. The van der Waals surface area contributed by atoms with Crippen molar-refractivity contribution in [2.45, 2.75) is 37.1 Å². The molecule has 6 nitrogen and oxygen atoms in total. The van der Waals surface area contributed by atoms with Crippen molar-refractivity contribution >= 4 is 15.9 Å². The van der Waals surface area contributed by atoms with E-state index in [4.69, 9.17) is 9.56 Å². The number of benzene rings is 1. The molecule has 24 heavy (non-hydrogen) atoms. The quantitative estimate of drug-likeness (QED) is 0.916. The van der Waals surface area contributed by atoms with Crippen LogP contribution in [0.3, 0.4) is 0 Å². The maximum absolute atomic E-state index is 12.6. The van der Waals surface area contributed by atoms with Crippen LogP contribution in [-0.2, 0) is 22.9 Å². The molecule has 2 aromatic rings. The third-order valence-electron chi connectivity index (χ3n) is 4.58. The van der Waals surface area contributed by atoms with Crippen molar-refractivity contribution in [2.24, 2.45) is 5.14 Å². The number of nitrogens with two attached hydrogens (primary N) is 1. The Morgan fingerprint density at radius 1 is 1.29 bits per heavy atom. The van der Waals surface area contributed by atoms with Gasteiger partial charge >= 0.3 is 0 Å². The highest BCUT2D eigenvalue weighted by molar-refractivity contribution is 7.89. The topological polar surface area (TPSA) is 93.6 Å². The number of amides is 1. The van der Waals surface area contributed by atoms with Crippen molar-refractivity contribution in [2.75, 3.05) is 7.05 Å². The molecule has 7 heteroatoms. The van der Waals surface area contributed by atoms with Crippen molar-refractivity contribution in [3.63, 3.8) is 0 Å². The number of primary sulfonamides is 1. The van der Waals surface area contributed by atoms with Gasteiger partial charge < -0.3 is 9.32 Å². The Morgan fingerprint density at radius 2 is 1.96 bits per heavy atom. The Labute approximate surface area is 141 Å². The van der Waals surface area contributed by atoms with E-state index in [9.17, 15) is 13.2 Å². The van der Waals surface area contributed by atoms with Gasteiger partial charge in [-0.2, -0.15) is 0 Å². The van der Waals surface area contributed by atoms with Gasteiger partial charge in [0.05, 0.1) is 0 Å². The van der Waals surface area contributed by atoms with Crippen LogP contribution in [0.25, 0.3) is 0 Å². The van der Waals surface area contributed by atoms with Crippen molar-refractivity contribution in [1.82, 2.24) is 4.90 Å². The number of carbonyl (C=O) groups excluding carboxylic acids is 1. The summed E-state index contributed by atoms with van der Waals surface area (Å²) in [4.78, 5) is 14.1. The van der Waals surface area contributed by atoms with E-state index in [0.717, 1.165) is 19.3 Å². The molecule has 0 aliphatic heterocycles. The van der Waals surface area contributed by atoms with E-state index in [0.29, 0.717) is 0 Å². The lowest BCUT2D eigenvalue weighted by Gasteiger charge is -2.32. The summed E-state index contributed by atoms with van der Waals surface area (Å²) in [7, 11) is -2.18.